The molecule has 0 saturated carbocycles. The minimum atomic E-state index is -1.10. The van der Waals surface area contributed by atoms with Crippen LogP contribution in [0.3, 0.4) is 0 Å². The van der Waals surface area contributed by atoms with Crippen molar-refractivity contribution in [2.24, 2.45) is 0 Å². The van der Waals surface area contributed by atoms with E-state index in [0.717, 1.165) is 10.5 Å². The fourth-order valence-electron chi connectivity index (χ4n) is 5.67. The van der Waals surface area contributed by atoms with Crippen molar-refractivity contribution >= 4 is 41.4 Å². The minimum Gasteiger partial charge on any atom is -0.459 e. The molecule has 0 radical (unpaired) electrons. The number of β-lactam (4-membered cyclic amide) rings is 1. The monoisotopic (exact) mass is 569 g/mol. The fraction of sp³-hybridized carbons (Fsp3) is 0.258. The van der Waals surface area contributed by atoms with Gasteiger partial charge in [0.15, 0.2) is 6.04 Å². The largest absolute Gasteiger partial charge is 0.459 e. The van der Waals surface area contributed by atoms with E-state index in [1.165, 1.54) is 16.7 Å². The van der Waals surface area contributed by atoms with Crippen molar-refractivity contribution in [2.45, 2.75) is 48.7 Å². The maximum absolute atomic E-state index is 13.8. The van der Waals surface area contributed by atoms with Crippen LogP contribution >= 0.6 is 11.8 Å². The van der Waals surface area contributed by atoms with E-state index >= 15 is 0 Å². The molecule has 3 aliphatic rings. The SMILES string of the molecule is CC1(C)S[C@@H]2[C@H](N3C(=O)c4ccccc4C3=O)C(=O)N2[C@H]1C(=O)N[C@H](C(=O)OCc1ccccc1)c1ccccc1. The van der Waals surface area contributed by atoms with Crippen molar-refractivity contribution in [3.63, 3.8) is 0 Å². The Morgan fingerprint density at radius 3 is 2.05 bits per heavy atom. The number of imide groups is 1. The number of hydrogen-bond donors (Lipinski definition) is 1. The Morgan fingerprint density at radius 1 is 0.878 bits per heavy atom. The number of hydrogen-bond acceptors (Lipinski definition) is 7. The molecule has 0 bridgehead atoms. The van der Waals surface area contributed by atoms with Crippen LogP contribution < -0.4 is 5.32 Å². The highest BCUT2D eigenvalue weighted by Gasteiger charge is 2.67. The smallest absolute Gasteiger partial charge is 0.333 e. The number of carbonyl (C=O) groups is 5. The van der Waals surface area contributed by atoms with Crippen molar-refractivity contribution in [1.82, 2.24) is 15.1 Å². The van der Waals surface area contributed by atoms with Crippen LogP contribution in [0.1, 0.15) is 51.7 Å². The van der Waals surface area contributed by atoms with Crippen molar-refractivity contribution in [3.8, 4) is 0 Å². The first-order chi connectivity index (χ1) is 19.7. The molecule has 3 aliphatic heterocycles. The second-order valence-electron chi connectivity index (χ2n) is 10.7. The predicted octanol–water partition coefficient (Wildman–Crippen LogP) is 3.31. The highest BCUT2D eigenvalue weighted by molar-refractivity contribution is 8.01. The van der Waals surface area contributed by atoms with Gasteiger partial charge >= 0.3 is 5.97 Å². The summed E-state index contributed by atoms with van der Waals surface area (Å²) in [5.74, 6) is -2.66. The standard InChI is InChI=1S/C31H27N3O6S/c1-31(2)24(34-28(38)23(29(34)41-31)33-26(36)20-15-9-10-16-21(20)27(33)37)25(35)32-22(19-13-7-4-8-14-19)30(39)40-17-18-11-5-3-6-12-18/h3-16,22-24,29H,17H2,1-2H3,(H,32,35)/t22-,23+,24-,29+/m0/s1. The van der Waals surface area contributed by atoms with E-state index in [1.807, 2.05) is 44.2 Å². The van der Waals surface area contributed by atoms with Gasteiger partial charge in [-0.05, 0) is 37.1 Å². The van der Waals surface area contributed by atoms with Crippen molar-refractivity contribution in [2.75, 3.05) is 0 Å². The highest BCUT2D eigenvalue weighted by Crippen LogP contribution is 2.53. The Kier molecular flexibility index (Phi) is 6.65. The van der Waals surface area contributed by atoms with E-state index in [-0.39, 0.29) is 17.7 Å². The normalized spacial score (nSPS) is 23.0. The van der Waals surface area contributed by atoms with Gasteiger partial charge in [0.2, 0.25) is 5.91 Å². The maximum atomic E-state index is 13.8. The Morgan fingerprint density at radius 2 is 1.44 bits per heavy atom. The number of nitrogens with one attached hydrogen (secondary N) is 1. The Balaban J connectivity index is 1.22. The van der Waals surface area contributed by atoms with E-state index in [2.05, 4.69) is 5.32 Å². The number of fused-ring (bicyclic) bond motifs is 2. The third-order valence-electron chi connectivity index (χ3n) is 7.64. The molecule has 3 heterocycles. The molecule has 10 heteroatoms. The lowest BCUT2D eigenvalue weighted by molar-refractivity contribution is -0.158. The number of nitrogens with zero attached hydrogens (tertiary/aromatic N) is 2. The zero-order chi connectivity index (χ0) is 28.9. The van der Waals surface area contributed by atoms with Crippen LogP contribution in [0.5, 0.6) is 0 Å². The van der Waals surface area contributed by atoms with E-state index < -0.39 is 57.8 Å². The molecule has 9 nitrogen and oxygen atoms in total. The Bertz CT molecular complexity index is 1530. The molecule has 6 rings (SSSR count). The summed E-state index contributed by atoms with van der Waals surface area (Å²) in [6.07, 6.45) is 0. The average molecular weight is 570 g/mol. The second-order valence-corrected chi connectivity index (χ2v) is 12.4. The first kappa shape index (κ1) is 26.8. The quantitative estimate of drug-likeness (QED) is 0.264. The first-order valence-corrected chi connectivity index (χ1v) is 14.1. The zero-order valence-electron chi connectivity index (χ0n) is 22.4. The third-order valence-corrected chi connectivity index (χ3v) is 9.20. The van der Waals surface area contributed by atoms with Gasteiger partial charge in [-0.15, -0.1) is 11.8 Å². The number of carbonyl (C=O) groups excluding carboxylic acids is 5. The number of amides is 4. The average Bonchev–Trinajstić information content (AvgIpc) is 3.38. The van der Waals surface area contributed by atoms with Gasteiger partial charge in [-0.2, -0.15) is 0 Å². The van der Waals surface area contributed by atoms with Crippen LogP contribution in [0.4, 0.5) is 0 Å². The van der Waals surface area contributed by atoms with Crippen molar-refractivity contribution in [3.05, 3.63) is 107 Å². The number of benzene rings is 3. The summed E-state index contributed by atoms with van der Waals surface area (Å²) < 4.78 is 4.79. The molecule has 2 saturated heterocycles. The van der Waals surface area contributed by atoms with Gasteiger partial charge in [0.05, 0.1) is 11.1 Å². The highest BCUT2D eigenvalue weighted by atomic mass is 32.2. The lowest BCUT2D eigenvalue weighted by Crippen LogP contribution is -2.72. The number of thioether (sulfide) groups is 1. The molecular weight excluding hydrogens is 542 g/mol. The molecule has 0 aliphatic carbocycles. The molecule has 4 amide bonds. The van der Waals surface area contributed by atoms with Crippen LogP contribution in [-0.2, 0) is 25.7 Å². The van der Waals surface area contributed by atoms with Crippen molar-refractivity contribution in [1.29, 1.82) is 0 Å². The van der Waals surface area contributed by atoms with Crippen LogP contribution in [0.25, 0.3) is 0 Å². The zero-order valence-corrected chi connectivity index (χ0v) is 23.2. The summed E-state index contributed by atoms with van der Waals surface area (Å²) in [5, 5.41) is 2.23. The number of ether oxygens (including phenoxy) is 1. The molecule has 1 N–H and O–H groups in total. The second kappa shape index (κ2) is 10.2. The first-order valence-electron chi connectivity index (χ1n) is 13.2. The topological polar surface area (TPSA) is 113 Å². The number of esters is 1. The van der Waals surface area contributed by atoms with Gasteiger partial charge in [0, 0.05) is 4.75 Å². The van der Waals surface area contributed by atoms with Gasteiger partial charge in [-0.25, -0.2) is 4.79 Å². The van der Waals surface area contributed by atoms with E-state index in [9.17, 15) is 24.0 Å². The predicted molar refractivity (Wildman–Crippen MR) is 150 cm³/mol. The maximum Gasteiger partial charge on any atom is 0.333 e. The molecule has 0 spiro atoms. The Hall–Kier alpha value is -4.44. The molecule has 0 aromatic heterocycles. The summed E-state index contributed by atoms with van der Waals surface area (Å²) in [4.78, 5) is 69.2. The van der Waals surface area contributed by atoms with Gasteiger partial charge in [-0.1, -0.05) is 72.8 Å². The lowest BCUT2D eigenvalue weighted by atomic mass is 9.94. The molecule has 208 valence electrons. The van der Waals surface area contributed by atoms with Crippen molar-refractivity contribution < 1.29 is 28.7 Å². The van der Waals surface area contributed by atoms with Gasteiger partial charge in [-0.3, -0.25) is 24.1 Å². The number of rotatable bonds is 7. The van der Waals surface area contributed by atoms with Gasteiger partial charge in [0.1, 0.15) is 24.1 Å². The minimum absolute atomic E-state index is 0.0400. The van der Waals surface area contributed by atoms with Gasteiger partial charge in [0.25, 0.3) is 17.7 Å². The van der Waals surface area contributed by atoms with Crippen LogP contribution in [0, 0.1) is 0 Å². The fourth-order valence-corrected chi connectivity index (χ4v) is 7.35. The molecule has 3 aromatic carbocycles. The molecule has 41 heavy (non-hydrogen) atoms. The summed E-state index contributed by atoms with van der Waals surface area (Å²) in [6, 6.07) is 21.4. The molecule has 3 aromatic rings. The summed E-state index contributed by atoms with van der Waals surface area (Å²) in [7, 11) is 0. The summed E-state index contributed by atoms with van der Waals surface area (Å²) in [6.45, 7) is 3.70. The molecule has 0 unspecified atom stereocenters. The van der Waals surface area contributed by atoms with Gasteiger partial charge < -0.3 is 15.0 Å². The summed E-state index contributed by atoms with van der Waals surface area (Å²) >= 11 is 1.36. The van der Waals surface area contributed by atoms with Crippen LogP contribution in [0.2, 0.25) is 0 Å². The lowest BCUT2D eigenvalue weighted by Gasteiger charge is -2.46. The van der Waals surface area contributed by atoms with E-state index in [0.29, 0.717) is 5.56 Å². The van der Waals surface area contributed by atoms with Crippen LogP contribution in [0.15, 0.2) is 84.9 Å². The molecular formula is C31H27N3O6S. The molecule has 2 fully saturated rings. The van der Waals surface area contributed by atoms with E-state index in [1.54, 1.807) is 54.6 Å². The molecule has 4 atom stereocenters. The third kappa shape index (κ3) is 4.48. The Labute approximate surface area is 240 Å². The van der Waals surface area contributed by atoms with E-state index in [4.69, 9.17) is 4.74 Å². The van der Waals surface area contributed by atoms with Crippen LogP contribution in [-0.4, -0.2) is 61.6 Å². The summed E-state index contributed by atoms with van der Waals surface area (Å²) in [5.41, 5.74) is 1.87.